The molecule has 0 radical (unpaired) electrons. The molecule has 0 aromatic heterocycles. The van der Waals surface area contributed by atoms with Gasteiger partial charge in [0.15, 0.2) is 0 Å². The van der Waals surface area contributed by atoms with Crippen LogP contribution < -0.4 is 15.4 Å². The molecule has 3 rings (SSSR count). The molecule has 1 aromatic rings. The predicted octanol–water partition coefficient (Wildman–Crippen LogP) is 2.06. The fourth-order valence-electron chi connectivity index (χ4n) is 3.37. The number of carbonyl (C=O) groups excluding carboxylic acids is 1. The summed E-state index contributed by atoms with van der Waals surface area (Å²) in [6.07, 6.45) is 2.86. The van der Waals surface area contributed by atoms with Gasteiger partial charge in [0.2, 0.25) is 5.91 Å². The van der Waals surface area contributed by atoms with Gasteiger partial charge in [-0.25, -0.2) is 0 Å². The van der Waals surface area contributed by atoms with Gasteiger partial charge < -0.3 is 15.4 Å². The van der Waals surface area contributed by atoms with Gasteiger partial charge in [0, 0.05) is 24.4 Å². The summed E-state index contributed by atoms with van der Waals surface area (Å²) in [4.78, 5) is 12.3. The van der Waals surface area contributed by atoms with Gasteiger partial charge in [-0.05, 0) is 44.4 Å². The van der Waals surface area contributed by atoms with Crippen LogP contribution >= 0.6 is 0 Å². The number of fused-ring (bicyclic) bond motifs is 1. The summed E-state index contributed by atoms with van der Waals surface area (Å²) < 4.78 is 5.67. The fraction of sp³-hybridized carbons (Fsp3) is 0.588. The number of ether oxygens (including phenoxy) is 1. The van der Waals surface area contributed by atoms with E-state index in [9.17, 15) is 4.79 Å². The van der Waals surface area contributed by atoms with E-state index >= 15 is 0 Å². The van der Waals surface area contributed by atoms with E-state index in [1.807, 2.05) is 18.2 Å². The van der Waals surface area contributed by atoms with Gasteiger partial charge in [0.25, 0.3) is 0 Å². The molecule has 21 heavy (non-hydrogen) atoms. The van der Waals surface area contributed by atoms with Crippen molar-refractivity contribution in [3.05, 3.63) is 29.8 Å². The van der Waals surface area contributed by atoms with Crippen LogP contribution in [-0.2, 0) is 4.79 Å². The summed E-state index contributed by atoms with van der Waals surface area (Å²) >= 11 is 0. The minimum Gasteiger partial charge on any atom is -0.493 e. The standard InChI is InChI=1S/C17H24N2O2/c1-12-10-13(6-8-18-12)17(20)19-11-14-7-9-21-16-5-3-2-4-15(14)16/h2-5,12-14,18H,6-11H2,1H3,(H,19,20)/t12-,13-,14?/m0/s1. The quantitative estimate of drug-likeness (QED) is 0.895. The first-order valence-electron chi connectivity index (χ1n) is 7.97. The van der Waals surface area contributed by atoms with Gasteiger partial charge in [0.05, 0.1) is 6.61 Å². The average Bonchev–Trinajstić information content (AvgIpc) is 2.52. The molecule has 3 atom stereocenters. The minimum atomic E-state index is 0.163. The number of carbonyl (C=O) groups is 1. The first-order chi connectivity index (χ1) is 10.2. The second kappa shape index (κ2) is 6.48. The molecule has 1 unspecified atom stereocenters. The molecule has 2 aliphatic rings. The number of benzene rings is 1. The smallest absolute Gasteiger partial charge is 0.223 e. The normalized spacial score (nSPS) is 28.3. The lowest BCUT2D eigenvalue weighted by molar-refractivity contribution is -0.126. The van der Waals surface area contributed by atoms with Gasteiger partial charge in [-0.15, -0.1) is 0 Å². The lowest BCUT2D eigenvalue weighted by Gasteiger charge is -2.29. The van der Waals surface area contributed by atoms with Crippen LogP contribution in [0.5, 0.6) is 5.75 Å². The van der Waals surface area contributed by atoms with Crippen molar-refractivity contribution < 1.29 is 9.53 Å². The van der Waals surface area contributed by atoms with E-state index in [0.717, 1.165) is 44.7 Å². The Hall–Kier alpha value is -1.55. The number of para-hydroxylation sites is 1. The Balaban J connectivity index is 1.57. The summed E-state index contributed by atoms with van der Waals surface area (Å²) in [7, 11) is 0. The molecule has 114 valence electrons. The van der Waals surface area contributed by atoms with E-state index in [1.165, 1.54) is 5.56 Å². The Morgan fingerprint density at radius 2 is 2.24 bits per heavy atom. The first-order valence-corrected chi connectivity index (χ1v) is 7.97. The third-order valence-electron chi connectivity index (χ3n) is 4.60. The molecular formula is C17H24N2O2. The summed E-state index contributed by atoms with van der Waals surface area (Å²) in [6, 6.07) is 8.60. The highest BCUT2D eigenvalue weighted by Gasteiger charge is 2.26. The summed E-state index contributed by atoms with van der Waals surface area (Å²) in [5.41, 5.74) is 1.22. The molecule has 1 saturated heterocycles. The molecule has 0 bridgehead atoms. The Morgan fingerprint density at radius 1 is 1.38 bits per heavy atom. The first kappa shape index (κ1) is 14.4. The van der Waals surface area contributed by atoms with Gasteiger partial charge in [-0.1, -0.05) is 18.2 Å². The number of rotatable bonds is 3. The molecule has 1 amide bonds. The molecule has 4 heteroatoms. The van der Waals surface area contributed by atoms with Crippen LogP contribution in [0.2, 0.25) is 0 Å². The highest BCUT2D eigenvalue weighted by atomic mass is 16.5. The molecule has 1 aromatic carbocycles. The number of piperidine rings is 1. The number of nitrogens with one attached hydrogen (secondary N) is 2. The van der Waals surface area contributed by atoms with Crippen LogP contribution in [0.3, 0.4) is 0 Å². The molecular weight excluding hydrogens is 264 g/mol. The van der Waals surface area contributed by atoms with Crippen LogP contribution in [0.1, 0.15) is 37.7 Å². The second-order valence-corrected chi connectivity index (χ2v) is 6.19. The van der Waals surface area contributed by atoms with E-state index in [2.05, 4.69) is 23.6 Å². The zero-order valence-electron chi connectivity index (χ0n) is 12.6. The van der Waals surface area contributed by atoms with Gasteiger partial charge in [-0.2, -0.15) is 0 Å². The second-order valence-electron chi connectivity index (χ2n) is 6.19. The number of hydrogen-bond donors (Lipinski definition) is 2. The van der Waals surface area contributed by atoms with Crippen molar-refractivity contribution in [2.24, 2.45) is 5.92 Å². The van der Waals surface area contributed by atoms with Crippen LogP contribution in [0.25, 0.3) is 0 Å². The molecule has 1 fully saturated rings. The van der Waals surface area contributed by atoms with Crippen LogP contribution in [0, 0.1) is 5.92 Å². The van der Waals surface area contributed by atoms with E-state index in [0.29, 0.717) is 12.0 Å². The Bertz CT molecular complexity index is 503. The van der Waals surface area contributed by atoms with E-state index < -0.39 is 0 Å². The third-order valence-corrected chi connectivity index (χ3v) is 4.60. The van der Waals surface area contributed by atoms with Gasteiger partial charge >= 0.3 is 0 Å². The lowest BCUT2D eigenvalue weighted by atomic mass is 9.91. The maximum absolute atomic E-state index is 12.3. The van der Waals surface area contributed by atoms with Crippen LogP contribution in [0.15, 0.2) is 24.3 Å². The molecule has 4 nitrogen and oxygen atoms in total. The largest absolute Gasteiger partial charge is 0.493 e. The van der Waals surface area contributed by atoms with E-state index in [4.69, 9.17) is 4.74 Å². The molecule has 2 N–H and O–H groups in total. The summed E-state index contributed by atoms with van der Waals surface area (Å²) in [5, 5.41) is 6.55. The number of amides is 1. The SMILES string of the molecule is C[C@H]1C[C@@H](C(=O)NCC2CCOc3ccccc32)CCN1. The van der Waals surface area contributed by atoms with Crippen molar-refractivity contribution in [1.82, 2.24) is 10.6 Å². The number of hydrogen-bond acceptors (Lipinski definition) is 3. The van der Waals surface area contributed by atoms with Crippen molar-refractivity contribution in [1.29, 1.82) is 0 Å². The van der Waals surface area contributed by atoms with Gasteiger partial charge in [0.1, 0.15) is 5.75 Å². The molecule has 2 heterocycles. The zero-order valence-corrected chi connectivity index (χ0v) is 12.6. The average molecular weight is 288 g/mol. The zero-order chi connectivity index (χ0) is 14.7. The molecule has 0 aliphatic carbocycles. The lowest BCUT2D eigenvalue weighted by Crippen LogP contribution is -2.43. The predicted molar refractivity (Wildman–Crippen MR) is 82.5 cm³/mol. The highest BCUT2D eigenvalue weighted by Crippen LogP contribution is 2.32. The van der Waals surface area contributed by atoms with Gasteiger partial charge in [-0.3, -0.25) is 4.79 Å². The Kier molecular flexibility index (Phi) is 4.44. The van der Waals surface area contributed by atoms with Crippen molar-refractivity contribution in [2.45, 2.75) is 38.1 Å². The van der Waals surface area contributed by atoms with Crippen LogP contribution in [0.4, 0.5) is 0 Å². The topological polar surface area (TPSA) is 50.4 Å². The highest BCUT2D eigenvalue weighted by molar-refractivity contribution is 5.78. The van der Waals surface area contributed by atoms with Crippen molar-refractivity contribution in [3.63, 3.8) is 0 Å². The Morgan fingerprint density at radius 3 is 3.10 bits per heavy atom. The van der Waals surface area contributed by atoms with Crippen molar-refractivity contribution in [3.8, 4) is 5.75 Å². The molecule has 0 saturated carbocycles. The fourth-order valence-corrected chi connectivity index (χ4v) is 3.37. The van der Waals surface area contributed by atoms with Crippen molar-refractivity contribution in [2.75, 3.05) is 19.7 Å². The maximum Gasteiger partial charge on any atom is 0.223 e. The van der Waals surface area contributed by atoms with E-state index in [-0.39, 0.29) is 11.8 Å². The monoisotopic (exact) mass is 288 g/mol. The minimum absolute atomic E-state index is 0.163. The van der Waals surface area contributed by atoms with Crippen molar-refractivity contribution >= 4 is 5.91 Å². The summed E-state index contributed by atoms with van der Waals surface area (Å²) in [5.74, 6) is 1.72. The summed E-state index contributed by atoms with van der Waals surface area (Å²) in [6.45, 7) is 4.55. The third kappa shape index (κ3) is 3.38. The Labute approximate surface area is 126 Å². The molecule has 2 aliphatic heterocycles. The molecule has 0 spiro atoms. The van der Waals surface area contributed by atoms with E-state index in [1.54, 1.807) is 0 Å². The maximum atomic E-state index is 12.3. The van der Waals surface area contributed by atoms with Crippen LogP contribution in [-0.4, -0.2) is 31.6 Å².